The van der Waals surface area contributed by atoms with Crippen molar-refractivity contribution in [3.05, 3.63) is 29.8 Å². The second-order valence-corrected chi connectivity index (χ2v) is 7.86. The number of carbonyl (C=O) groups excluding carboxylic acids is 2. The zero-order chi connectivity index (χ0) is 17.7. The lowest BCUT2D eigenvalue weighted by Crippen LogP contribution is -2.46. The van der Waals surface area contributed by atoms with Gasteiger partial charge >= 0.3 is 0 Å². The summed E-state index contributed by atoms with van der Waals surface area (Å²) in [5.74, 6) is -0.579. The Morgan fingerprint density at radius 2 is 1.83 bits per heavy atom. The van der Waals surface area contributed by atoms with Crippen LogP contribution in [0.4, 0.5) is 5.69 Å². The lowest BCUT2D eigenvalue weighted by molar-refractivity contribution is -0.135. The number of hydrogen-bond acceptors (Lipinski definition) is 4. The van der Waals surface area contributed by atoms with Crippen molar-refractivity contribution in [2.24, 2.45) is 0 Å². The van der Waals surface area contributed by atoms with Crippen LogP contribution in [0.3, 0.4) is 0 Å². The molecule has 0 atom stereocenters. The molecule has 2 amide bonds. The Bertz CT molecular complexity index is 710. The van der Waals surface area contributed by atoms with Crippen LogP contribution in [0.1, 0.15) is 24.8 Å². The number of aryl methyl sites for hydroxylation is 1. The number of nitrogens with one attached hydrogen (secondary N) is 2. The number of sulfonamides is 1. The molecule has 1 aromatic rings. The highest BCUT2D eigenvalue weighted by atomic mass is 32.2. The summed E-state index contributed by atoms with van der Waals surface area (Å²) < 4.78 is 25.0. The van der Waals surface area contributed by atoms with Crippen molar-refractivity contribution in [2.45, 2.75) is 32.2 Å². The van der Waals surface area contributed by atoms with E-state index in [-0.39, 0.29) is 24.3 Å². The molecule has 0 aromatic heterocycles. The third-order valence-corrected chi connectivity index (χ3v) is 4.72. The first-order valence-electron chi connectivity index (χ1n) is 7.85. The molecule has 0 unspecified atom stereocenters. The smallest absolute Gasteiger partial charge is 0.233 e. The van der Waals surface area contributed by atoms with Gasteiger partial charge in [-0.1, -0.05) is 18.2 Å². The molecule has 1 aliphatic rings. The molecule has 1 aromatic carbocycles. The molecule has 0 spiro atoms. The molecule has 1 saturated heterocycles. The maximum atomic E-state index is 12.2. The average Bonchev–Trinajstić information content (AvgIpc) is 2.48. The third kappa shape index (κ3) is 5.61. The SMILES string of the molecule is Cc1ccccc1NC(=O)CC(=O)N1CCC(NS(C)(=O)=O)CC1. The van der Waals surface area contributed by atoms with E-state index in [4.69, 9.17) is 0 Å². The number of anilines is 1. The van der Waals surface area contributed by atoms with Gasteiger partial charge in [0.05, 0.1) is 6.26 Å². The Morgan fingerprint density at radius 3 is 2.42 bits per heavy atom. The molecular weight excluding hydrogens is 330 g/mol. The summed E-state index contributed by atoms with van der Waals surface area (Å²) in [4.78, 5) is 25.8. The fraction of sp³-hybridized carbons (Fsp3) is 0.500. The molecule has 132 valence electrons. The summed E-state index contributed by atoms with van der Waals surface area (Å²) in [6, 6.07) is 7.23. The van der Waals surface area contributed by atoms with Gasteiger partial charge in [0.1, 0.15) is 6.42 Å². The Labute approximate surface area is 142 Å². The maximum absolute atomic E-state index is 12.2. The van der Waals surface area contributed by atoms with Gasteiger partial charge < -0.3 is 10.2 Å². The highest BCUT2D eigenvalue weighted by Crippen LogP contribution is 2.15. The van der Waals surface area contributed by atoms with Crippen LogP contribution in [0, 0.1) is 6.92 Å². The lowest BCUT2D eigenvalue weighted by atomic mass is 10.1. The molecule has 8 heteroatoms. The van der Waals surface area contributed by atoms with Crippen LogP contribution in [0.5, 0.6) is 0 Å². The molecule has 2 rings (SSSR count). The van der Waals surface area contributed by atoms with Crippen LogP contribution in [0.2, 0.25) is 0 Å². The molecular formula is C16H23N3O4S. The zero-order valence-corrected chi connectivity index (χ0v) is 14.7. The summed E-state index contributed by atoms with van der Waals surface area (Å²) in [7, 11) is -3.24. The Kier molecular flexibility index (Phi) is 5.95. The Hall–Kier alpha value is -1.93. The zero-order valence-electron chi connectivity index (χ0n) is 13.9. The number of amides is 2. The van der Waals surface area contributed by atoms with E-state index >= 15 is 0 Å². The van der Waals surface area contributed by atoms with Gasteiger partial charge in [-0.05, 0) is 31.4 Å². The molecule has 1 aliphatic heterocycles. The summed E-state index contributed by atoms with van der Waals surface area (Å²) in [6.07, 6.45) is 2.02. The van der Waals surface area contributed by atoms with Gasteiger partial charge in [-0.25, -0.2) is 13.1 Å². The molecule has 1 fully saturated rings. The third-order valence-electron chi connectivity index (χ3n) is 3.96. The summed E-state index contributed by atoms with van der Waals surface area (Å²) in [5, 5.41) is 2.74. The number of carbonyl (C=O) groups is 2. The van der Waals surface area contributed by atoms with Crippen LogP contribution in [0.25, 0.3) is 0 Å². The average molecular weight is 353 g/mol. The van der Waals surface area contributed by atoms with Gasteiger partial charge in [0.2, 0.25) is 21.8 Å². The van der Waals surface area contributed by atoms with Crippen LogP contribution in [0.15, 0.2) is 24.3 Å². The highest BCUT2D eigenvalue weighted by Gasteiger charge is 2.25. The van der Waals surface area contributed by atoms with E-state index in [1.165, 1.54) is 0 Å². The minimum atomic E-state index is -3.24. The molecule has 0 saturated carbocycles. The normalized spacial score (nSPS) is 16.0. The van der Waals surface area contributed by atoms with Gasteiger partial charge in [0.25, 0.3) is 0 Å². The van der Waals surface area contributed by atoms with E-state index in [9.17, 15) is 18.0 Å². The quantitative estimate of drug-likeness (QED) is 0.768. The minimum absolute atomic E-state index is 0.148. The fourth-order valence-corrected chi connectivity index (χ4v) is 3.55. The largest absolute Gasteiger partial charge is 0.342 e. The molecule has 24 heavy (non-hydrogen) atoms. The monoisotopic (exact) mass is 353 g/mol. The Morgan fingerprint density at radius 1 is 1.21 bits per heavy atom. The van der Waals surface area contributed by atoms with Crippen LogP contribution >= 0.6 is 0 Å². The number of likely N-dealkylation sites (tertiary alicyclic amines) is 1. The van der Waals surface area contributed by atoms with E-state index in [1.54, 1.807) is 11.0 Å². The van der Waals surface area contributed by atoms with Crippen molar-refractivity contribution in [1.29, 1.82) is 0 Å². The van der Waals surface area contributed by atoms with Crippen LogP contribution in [-0.4, -0.2) is 50.5 Å². The number of piperidine rings is 1. The predicted molar refractivity (Wildman–Crippen MR) is 92.0 cm³/mol. The van der Waals surface area contributed by atoms with Crippen molar-refractivity contribution in [2.75, 3.05) is 24.7 Å². The van der Waals surface area contributed by atoms with Gasteiger partial charge in [0.15, 0.2) is 0 Å². The fourth-order valence-electron chi connectivity index (χ4n) is 2.71. The molecule has 1 heterocycles. The van der Waals surface area contributed by atoms with E-state index < -0.39 is 10.0 Å². The first-order chi connectivity index (χ1) is 11.2. The van der Waals surface area contributed by atoms with Crippen LogP contribution < -0.4 is 10.0 Å². The Balaban J connectivity index is 1.81. The van der Waals surface area contributed by atoms with Crippen molar-refractivity contribution >= 4 is 27.5 Å². The van der Waals surface area contributed by atoms with Crippen LogP contribution in [-0.2, 0) is 19.6 Å². The van der Waals surface area contributed by atoms with E-state index in [0.717, 1.165) is 11.8 Å². The number of nitrogens with zero attached hydrogens (tertiary/aromatic N) is 1. The highest BCUT2D eigenvalue weighted by molar-refractivity contribution is 7.88. The number of rotatable bonds is 5. The van der Waals surface area contributed by atoms with Gasteiger partial charge in [-0.15, -0.1) is 0 Å². The summed E-state index contributed by atoms with van der Waals surface area (Å²) in [6.45, 7) is 2.78. The van der Waals surface area contributed by atoms with E-state index in [2.05, 4.69) is 10.0 Å². The van der Waals surface area contributed by atoms with Crippen molar-refractivity contribution in [3.63, 3.8) is 0 Å². The standard InChI is InChI=1S/C16H23N3O4S/c1-12-5-3-4-6-14(12)17-15(20)11-16(21)19-9-7-13(8-10-19)18-24(2,22)23/h3-6,13,18H,7-11H2,1-2H3,(H,17,20). The van der Waals surface area contributed by atoms with Gasteiger partial charge in [-0.2, -0.15) is 0 Å². The first kappa shape index (κ1) is 18.4. The van der Waals surface area contributed by atoms with E-state index in [1.807, 2.05) is 25.1 Å². The second-order valence-electron chi connectivity index (χ2n) is 6.08. The van der Waals surface area contributed by atoms with E-state index in [0.29, 0.717) is 31.6 Å². The minimum Gasteiger partial charge on any atom is -0.342 e. The molecule has 0 bridgehead atoms. The predicted octanol–water partition coefficient (Wildman–Crippen LogP) is 0.864. The molecule has 0 aliphatic carbocycles. The summed E-state index contributed by atoms with van der Waals surface area (Å²) >= 11 is 0. The maximum Gasteiger partial charge on any atom is 0.233 e. The van der Waals surface area contributed by atoms with Crippen molar-refractivity contribution in [3.8, 4) is 0 Å². The summed E-state index contributed by atoms with van der Waals surface area (Å²) in [5.41, 5.74) is 1.64. The number of benzene rings is 1. The molecule has 7 nitrogen and oxygen atoms in total. The topological polar surface area (TPSA) is 95.6 Å². The lowest BCUT2D eigenvalue weighted by Gasteiger charge is -2.31. The van der Waals surface area contributed by atoms with Gasteiger partial charge in [-0.3, -0.25) is 9.59 Å². The van der Waals surface area contributed by atoms with Gasteiger partial charge in [0, 0.05) is 24.8 Å². The van der Waals surface area contributed by atoms with Crippen molar-refractivity contribution in [1.82, 2.24) is 9.62 Å². The molecule has 0 radical (unpaired) electrons. The van der Waals surface area contributed by atoms with Crippen molar-refractivity contribution < 1.29 is 18.0 Å². The molecule has 2 N–H and O–H groups in total. The second kappa shape index (κ2) is 7.76. The number of hydrogen-bond donors (Lipinski definition) is 2. The first-order valence-corrected chi connectivity index (χ1v) is 9.74. The number of para-hydroxylation sites is 1.